The molecule has 0 aliphatic carbocycles. The van der Waals surface area contributed by atoms with Gasteiger partial charge < -0.3 is 15.4 Å². The molecule has 0 unspecified atom stereocenters. The van der Waals surface area contributed by atoms with E-state index in [-0.39, 0.29) is 11.8 Å². The molecule has 0 aliphatic rings. The van der Waals surface area contributed by atoms with Crippen LogP contribution in [0, 0.1) is 5.82 Å². The van der Waals surface area contributed by atoms with Crippen LogP contribution < -0.4 is 15.4 Å². The minimum atomic E-state index is -0.374. The molecule has 128 valence electrons. The van der Waals surface area contributed by atoms with E-state index in [9.17, 15) is 4.39 Å². The number of rotatable bonds is 7. The van der Waals surface area contributed by atoms with Crippen LogP contribution in [0.4, 0.5) is 21.8 Å². The number of hydrogen-bond donors (Lipinski definition) is 2. The van der Waals surface area contributed by atoms with Crippen LogP contribution in [-0.4, -0.2) is 28.8 Å². The molecule has 7 heteroatoms. The SMILES string of the molecule is COc1ccccc1CCNc1cnnc(Nc2ccccc2F)n1. The summed E-state index contributed by atoms with van der Waals surface area (Å²) in [5.74, 6) is 1.27. The summed E-state index contributed by atoms with van der Waals surface area (Å²) in [4.78, 5) is 4.29. The first-order valence-corrected chi connectivity index (χ1v) is 7.83. The lowest BCUT2D eigenvalue weighted by molar-refractivity contribution is 0.410. The predicted molar refractivity (Wildman–Crippen MR) is 94.7 cm³/mol. The molecule has 0 aliphatic heterocycles. The van der Waals surface area contributed by atoms with E-state index in [0.717, 1.165) is 17.7 Å². The maximum atomic E-state index is 13.7. The van der Waals surface area contributed by atoms with Gasteiger partial charge in [0, 0.05) is 6.54 Å². The smallest absolute Gasteiger partial charge is 0.249 e. The molecule has 0 atom stereocenters. The molecule has 1 aromatic heterocycles. The second kappa shape index (κ2) is 8.05. The molecule has 6 nitrogen and oxygen atoms in total. The van der Waals surface area contributed by atoms with Gasteiger partial charge in [-0.05, 0) is 30.2 Å². The molecule has 2 aromatic carbocycles. The fraction of sp³-hybridized carbons (Fsp3) is 0.167. The molecule has 25 heavy (non-hydrogen) atoms. The molecule has 0 amide bonds. The largest absolute Gasteiger partial charge is 0.496 e. The molecular formula is C18H18FN5O. The number of nitrogens with one attached hydrogen (secondary N) is 2. The zero-order valence-electron chi connectivity index (χ0n) is 13.7. The third-order valence-corrected chi connectivity index (χ3v) is 3.57. The van der Waals surface area contributed by atoms with E-state index in [0.29, 0.717) is 18.1 Å². The number of nitrogens with zero attached hydrogens (tertiary/aromatic N) is 3. The van der Waals surface area contributed by atoms with Gasteiger partial charge in [-0.15, -0.1) is 5.10 Å². The highest BCUT2D eigenvalue weighted by molar-refractivity contribution is 5.54. The summed E-state index contributed by atoms with van der Waals surface area (Å²) in [6.45, 7) is 0.651. The van der Waals surface area contributed by atoms with Crippen molar-refractivity contribution in [1.82, 2.24) is 15.2 Å². The van der Waals surface area contributed by atoms with Gasteiger partial charge >= 0.3 is 0 Å². The fourth-order valence-electron chi connectivity index (χ4n) is 2.36. The van der Waals surface area contributed by atoms with Crippen LogP contribution in [0.25, 0.3) is 0 Å². The van der Waals surface area contributed by atoms with Crippen molar-refractivity contribution in [2.45, 2.75) is 6.42 Å². The molecule has 2 N–H and O–H groups in total. The average molecular weight is 339 g/mol. The zero-order chi connectivity index (χ0) is 17.5. The Morgan fingerprint density at radius 2 is 1.88 bits per heavy atom. The van der Waals surface area contributed by atoms with Gasteiger partial charge in [-0.2, -0.15) is 10.1 Å². The third kappa shape index (κ3) is 4.41. The summed E-state index contributed by atoms with van der Waals surface area (Å²) in [5.41, 5.74) is 1.40. The zero-order valence-corrected chi connectivity index (χ0v) is 13.7. The number of aromatic nitrogens is 3. The number of ether oxygens (including phenoxy) is 1. The Bertz CT molecular complexity index is 843. The molecular weight excluding hydrogens is 321 g/mol. The van der Waals surface area contributed by atoms with Gasteiger partial charge in [0.25, 0.3) is 0 Å². The summed E-state index contributed by atoms with van der Waals surface area (Å²) in [7, 11) is 1.65. The lowest BCUT2D eigenvalue weighted by Crippen LogP contribution is -2.09. The van der Waals surface area contributed by atoms with Gasteiger partial charge in [0.05, 0.1) is 19.0 Å². The van der Waals surface area contributed by atoms with Crippen LogP contribution in [0.1, 0.15) is 5.56 Å². The molecule has 0 spiro atoms. The first kappa shape index (κ1) is 16.6. The molecule has 3 aromatic rings. The van der Waals surface area contributed by atoms with E-state index in [1.54, 1.807) is 25.3 Å². The first-order chi connectivity index (χ1) is 12.3. The van der Waals surface area contributed by atoms with Gasteiger partial charge in [0.2, 0.25) is 5.95 Å². The second-order valence-electron chi connectivity index (χ2n) is 5.26. The summed E-state index contributed by atoms with van der Waals surface area (Å²) in [6.07, 6.45) is 2.29. The van der Waals surface area contributed by atoms with E-state index >= 15 is 0 Å². The summed E-state index contributed by atoms with van der Waals surface area (Å²) in [5, 5.41) is 13.8. The van der Waals surface area contributed by atoms with Gasteiger partial charge in [-0.25, -0.2) is 4.39 Å². The molecule has 0 fully saturated rings. The number of benzene rings is 2. The highest BCUT2D eigenvalue weighted by atomic mass is 19.1. The number of hydrogen-bond acceptors (Lipinski definition) is 6. The van der Waals surface area contributed by atoms with Crippen LogP contribution in [0.5, 0.6) is 5.75 Å². The fourth-order valence-corrected chi connectivity index (χ4v) is 2.36. The Kier molecular flexibility index (Phi) is 5.36. The van der Waals surface area contributed by atoms with Crippen molar-refractivity contribution in [3.05, 3.63) is 66.1 Å². The number of methoxy groups -OCH3 is 1. The Morgan fingerprint density at radius 3 is 2.72 bits per heavy atom. The Hall–Kier alpha value is -3.22. The van der Waals surface area contributed by atoms with Crippen LogP contribution in [0.15, 0.2) is 54.7 Å². The maximum Gasteiger partial charge on any atom is 0.249 e. The monoisotopic (exact) mass is 339 g/mol. The van der Waals surface area contributed by atoms with E-state index in [1.807, 2.05) is 24.3 Å². The predicted octanol–water partition coefficient (Wildman–Crippen LogP) is 3.42. The summed E-state index contributed by atoms with van der Waals surface area (Å²) < 4.78 is 19.0. The van der Waals surface area contributed by atoms with Crippen LogP contribution >= 0.6 is 0 Å². The van der Waals surface area contributed by atoms with E-state index < -0.39 is 0 Å². The highest BCUT2D eigenvalue weighted by Crippen LogP contribution is 2.19. The van der Waals surface area contributed by atoms with Crippen molar-refractivity contribution in [3.63, 3.8) is 0 Å². The molecule has 0 saturated carbocycles. The van der Waals surface area contributed by atoms with E-state index in [1.165, 1.54) is 12.3 Å². The normalized spacial score (nSPS) is 10.3. The number of para-hydroxylation sites is 2. The van der Waals surface area contributed by atoms with E-state index in [4.69, 9.17) is 4.74 Å². The standard InChI is InChI=1S/C18H18FN5O/c1-25-16-9-5-2-6-13(16)10-11-20-17-12-21-24-18(23-17)22-15-8-4-3-7-14(15)19/h2-9,12H,10-11H2,1H3,(H2,20,22,23,24). The maximum absolute atomic E-state index is 13.7. The summed E-state index contributed by atoms with van der Waals surface area (Å²) >= 11 is 0. The van der Waals surface area contributed by atoms with Crippen LogP contribution in [0.3, 0.4) is 0 Å². The van der Waals surface area contributed by atoms with Crippen molar-refractivity contribution in [2.24, 2.45) is 0 Å². The van der Waals surface area contributed by atoms with Gasteiger partial charge in [0.1, 0.15) is 11.6 Å². The van der Waals surface area contributed by atoms with Crippen molar-refractivity contribution in [2.75, 3.05) is 24.3 Å². The number of halogens is 1. The highest BCUT2D eigenvalue weighted by Gasteiger charge is 2.06. The Labute approximate surface area is 145 Å². The van der Waals surface area contributed by atoms with E-state index in [2.05, 4.69) is 25.8 Å². The first-order valence-electron chi connectivity index (χ1n) is 7.83. The average Bonchev–Trinajstić information content (AvgIpc) is 2.64. The van der Waals surface area contributed by atoms with Crippen LogP contribution in [-0.2, 0) is 6.42 Å². The van der Waals surface area contributed by atoms with Crippen molar-refractivity contribution >= 4 is 17.5 Å². The molecule has 3 rings (SSSR count). The molecule has 0 bridgehead atoms. The van der Waals surface area contributed by atoms with Crippen molar-refractivity contribution in [1.29, 1.82) is 0 Å². The lowest BCUT2D eigenvalue weighted by atomic mass is 10.1. The summed E-state index contributed by atoms with van der Waals surface area (Å²) in [6, 6.07) is 14.2. The van der Waals surface area contributed by atoms with Crippen molar-refractivity contribution in [3.8, 4) is 5.75 Å². The minimum Gasteiger partial charge on any atom is -0.496 e. The Morgan fingerprint density at radius 1 is 1.08 bits per heavy atom. The third-order valence-electron chi connectivity index (χ3n) is 3.57. The topological polar surface area (TPSA) is 72.0 Å². The second-order valence-corrected chi connectivity index (χ2v) is 5.26. The quantitative estimate of drug-likeness (QED) is 0.687. The van der Waals surface area contributed by atoms with Gasteiger partial charge in [0.15, 0.2) is 5.82 Å². The molecule has 1 heterocycles. The minimum absolute atomic E-state index is 0.229. The van der Waals surface area contributed by atoms with Gasteiger partial charge in [-0.3, -0.25) is 0 Å². The Balaban J connectivity index is 1.61. The molecule has 0 saturated heterocycles. The van der Waals surface area contributed by atoms with Crippen LogP contribution in [0.2, 0.25) is 0 Å². The number of anilines is 3. The van der Waals surface area contributed by atoms with Crippen molar-refractivity contribution < 1.29 is 9.13 Å². The lowest BCUT2D eigenvalue weighted by Gasteiger charge is -2.10. The van der Waals surface area contributed by atoms with Gasteiger partial charge in [-0.1, -0.05) is 30.3 Å². The molecule has 0 radical (unpaired) electrons.